The van der Waals surface area contributed by atoms with Crippen LogP contribution in [0.1, 0.15) is 18.3 Å². The van der Waals surface area contributed by atoms with Crippen molar-refractivity contribution in [3.8, 4) is 5.88 Å². The Morgan fingerprint density at radius 2 is 2.14 bits per heavy atom. The van der Waals surface area contributed by atoms with Gasteiger partial charge in [0.05, 0.1) is 30.2 Å². The molecule has 0 bridgehead atoms. The van der Waals surface area contributed by atoms with E-state index in [1.165, 1.54) is 0 Å². The van der Waals surface area contributed by atoms with Gasteiger partial charge < -0.3 is 14.5 Å². The molecule has 108 valence electrons. The second-order valence-electron chi connectivity index (χ2n) is 4.72. The standard InChI is InChI=1S/C16H18N4O/c1-3-21-16-13(7-6-9-17-16)18-11-14-12(2)19-15-8-4-5-10-20(14)15/h4-10,18H,3,11H2,1-2H3. The van der Waals surface area contributed by atoms with Gasteiger partial charge in [-0.1, -0.05) is 6.07 Å². The number of hydrogen-bond acceptors (Lipinski definition) is 4. The molecule has 5 nitrogen and oxygen atoms in total. The zero-order valence-corrected chi connectivity index (χ0v) is 12.2. The van der Waals surface area contributed by atoms with Gasteiger partial charge in [0.1, 0.15) is 5.65 Å². The number of imidazole rings is 1. The van der Waals surface area contributed by atoms with E-state index in [4.69, 9.17) is 4.74 Å². The molecule has 0 unspecified atom stereocenters. The van der Waals surface area contributed by atoms with E-state index in [9.17, 15) is 0 Å². The number of hydrogen-bond donors (Lipinski definition) is 1. The van der Waals surface area contributed by atoms with Gasteiger partial charge >= 0.3 is 0 Å². The Morgan fingerprint density at radius 1 is 1.24 bits per heavy atom. The third kappa shape index (κ3) is 2.67. The van der Waals surface area contributed by atoms with Crippen LogP contribution in [0.3, 0.4) is 0 Å². The summed E-state index contributed by atoms with van der Waals surface area (Å²) in [4.78, 5) is 8.81. The SMILES string of the molecule is CCOc1ncccc1NCc1c(C)nc2ccccn12. The van der Waals surface area contributed by atoms with E-state index in [1.54, 1.807) is 6.20 Å². The van der Waals surface area contributed by atoms with Crippen molar-refractivity contribution in [2.75, 3.05) is 11.9 Å². The minimum Gasteiger partial charge on any atom is -0.476 e. The summed E-state index contributed by atoms with van der Waals surface area (Å²) in [7, 11) is 0. The summed E-state index contributed by atoms with van der Waals surface area (Å²) in [5.41, 5.74) is 4.01. The highest BCUT2D eigenvalue weighted by Crippen LogP contribution is 2.22. The predicted octanol–water partition coefficient (Wildman–Crippen LogP) is 3.05. The van der Waals surface area contributed by atoms with Crippen molar-refractivity contribution in [1.29, 1.82) is 0 Å². The highest BCUT2D eigenvalue weighted by Gasteiger charge is 2.09. The Hall–Kier alpha value is -2.56. The monoisotopic (exact) mass is 282 g/mol. The van der Waals surface area contributed by atoms with Crippen LogP contribution >= 0.6 is 0 Å². The number of fused-ring (bicyclic) bond motifs is 1. The summed E-state index contributed by atoms with van der Waals surface area (Å²) in [5.74, 6) is 0.631. The van der Waals surface area contributed by atoms with E-state index < -0.39 is 0 Å². The van der Waals surface area contributed by atoms with Gasteiger partial charge in [0.2, 0.25) is 5.88 Å². The van der Waals surface area contributed by atoms with E-state index in [0.717, 1.165) is 22.7 Å². The zero-order chi connectivity index (χ0) is 14.7. The molecule has 0 fully saturated rings. The molecule has 0 spiro atoms. The Labute approximate surface area is 123 Å². The summed E-state index contributed by atoms with van der Waals surface area (Å²) in [5, 5.41) is 3.39. The van der Waals surface area contributed by atoms with E-state index >= 15 is 0 Å². The third-order valence-corrected chi connectivity index (χ3v) is 3.33. The minimum atomic E-state index is 0.598. The van der Waals surface area contributed by atoms with Crippen molar-refractivity contribution in [2.45, 2.75) is 20.4 Å². The molecule has 5 heteroatoms. The van der Waals surface area contributed by atoms with Crippen molar-refractivity contribution in [1.82, 2.24) is 14.4 Å². The van der Waals surface area contributed by atoms with Gasteiger partial charge in [-0.2, -0.15) is 0 Å². The second kappa shape index (κ2) is 5.83. The van der Waals surface area contributed by atoms with Crippen LogP contribution in [0.25, 0.3) is 5.65 Å². The van der Waals surface area contributed by atoms with Gasteiger partial charge in [0, 0.05) is 12.4 Å². The highest BCUT2D eigenvalue weighted by atomic mass is 16.5. The lowest BCUT2D eigenvalue weighted by atomic mass is 10.3. The number of pyridine rings is 2. The zero-order valence-electron chi connectivity index (χ0n) is 12.2. The molecule has 0 amide bonds. The van der Waals surface area contributed by atoms with Crippen LogP contribution in [0.4, 0.5) is 5.69 Å². The number of nitrogens with one attached hydrogen (secondary N) is 1. The molecular formula is C16H18N4O. The number of ether oxygens (including phenoxy) is 1. The van der Waals surface area contributed by atoms with Crippen LogP contribution in [0, 0.1) is 6.92 Å². The summed E-state index contributed by atoms with van der Waals surface area (Å²) in [6.07, 6.45) is 3.76. The third-order valence-electron chi connectivity index (χ3n) is 3.33. The van der Waals surface area contributed by atoms with Crippen LogP contribution in [-0.2, 0) is 6.54 Å². The number of rotatable bonds is 5. The summed E-state index contributed by atoms with van der Waals surface area (Å²) < 4.78 is 7.62. The molecule has 3 heterocycles. The van der Waals surface area contributed by atoms with E-state index in [2.05, 4.69) is 19.7 Å². The molecule has 0 radical (unpaired) electrons. The first-order chi connectivity index (χ1) is 10.3. The fraction of sp³-hybridized carbons (Fsp3) is 0.250. The van der Waals surface area contributed by atoms with E-state index in [1.807, 2.05) is 50.4 Å². The minimum absolute atomic E-state index is 0.598. The molecule has 0 saturated heterocycles. The normalized spacial score (nSPS) is 10.8. The number of aryl methyl sites for hydroxylation is 1. The lowest BCUT2D eigenvalue weighted by molar-refractivity contribution is 0.328. The highest BCUT2D eigenvalue weighted by molar-refractivity contribution is 5.53. The molecule has 1 N–H and O–H groups in total. The van der Waals surface area contributed by atoms with Gasteiger partial charge in [-0.05, 0) is 38.1 Å². The Balaban J connectivity index is 1.85. The second-order valence-corrected chi connectivity index (χ2v) is 4.72. The Bertz CT molecular complexity index is 751. The van der Waals surface area contributed by atoms with Crippen LogP contribution in [0.15, 0.2) is 42.7 Å². The lowest BCUT2D eigenvalue weighted by Crippen LogP contribution is -2.06. The number of aromatic nitrogens is 3. The largest absolute Gasteiger partial charge is 0.476 e. The van der Waals surface area contributed by atoms with Crippen LogP contribution < -0.4 is 10.1 Å². The first kappa shape index (κ1) is 13.4. The quantitative estimate of drug-likeness (QED) is 0.781. The van der Waals surface area contributed by atoms with E-state index in [-0.39, 0.29) is 0 Å². The molecule has 3 rings (SSSR count). The maximum absolute atomic E-state index is 5.53. The molecule has 0 aliphatic heterocycles. The predicted molar refractivity (Wildman–Crippen MR) is 82.7 cm³/mol. The van der Waals surface area contributed by atoms with Crippen molar-refractivity contribution < 1.29 is 4.74 Å². The van der Waals surface area contributed by atoms with E-state index in [0.29, 0.717) is 19.0 Å². The van der Waals surface area contributed by atoms with Gasteiger partial charge in [-0.15, -0.1) is 0 Å². The topological polar surface area (TPSA) is 51.5 Å². The van der Waals surface area contributed by atoms with Crippen molar-refractivity contribution >= 4 is 11.3 Å². The van der Waals surface area contributed by atoms with Crippen molar-refractivity contribution in [2.24, 2.45) is 0 Å². The van der Waals surface area contributed by atoms with Gasteiger partial charge in [0.25, 0.3) is 0 Å². The molecule has 3 aromatic heterocycles. The fourth-order valence-electron chi connectivity index (χ4n) is 2.33. The number of anilines is 1. The maximum atomic E-state index is 5.53. The summed E-state index contributed by atoms with van der Waals surface area (Å²) in [6.45, 7) is 5.24. The van der Waals surface area contributed by atoms with Gasteiger partial charge in [-0.3, -0.25) is 0 Å². The first-order valence-electron chi connectivity index (χ1n) is 7.04. The first-order valence-corrected chi connectivity index (χ1v) is 7.04. The fourth-order valence-corrected chi connectivity index (χ4v) is 2.33. The molecule has 21 heavy (non-hydrogen) atoms. The molecule has 3 aromatic rings. The molecule has 0 aromatic carbocycles. The van der Waals surface area contributed by atoms with Crippen molar-refractivity contribution in [3.05, 3.63) is 54.1 Å². The molecule has 0 aliphatic carbocycles. The molecule has 0 atom stereocenters. The van der Waals surface area contributed by atoms with Crippen LogP contribution in [0.5, 0.6) is 5.88 Å². The molecular weight excluding hydrogens is 264 g/mol. The van der Waals surface area contributed by atoms with Crippen LogP contribution in [0.2, 0.25) is 0 Å². The summed E-state index contributed by atoms with van der Waals surface area (Å²) >= 11 is 0. The van der Waals surface area contributed by atoms with Crippen molar-refractivity contribution in [3.63, 3.8) is 0 Å². The summed E-state index contributed by atoms with van der Waals surface area (Å²) in [6, 6.07) is 9.87. The van der Waals surface area contributed by atoms with Crippen LogP contribution in [-0.4, -0.2) is 21.0 Å². The average molecular weight is 282 g/mol. The Morgan fingerprint density at radius 3 is 3.00 bits per heavy atom. The average Bonchev–Trinajstić information content (AvgIpc) is 2.82. The van der Waals surface area contributed by atoms with Gasteiger partial charge in [-0.25, -0.2) is 9.97 Å². The Kier molecular flexibility index (Phi) is 3.73. The lowest BCUT2D eigenvalue weighted by Gasteiger charge is -2.11. The molecule has 0 aliphatic rings. The smallest absolute Gasteiger partial charge is 0.237 e. The maximum Gasteiger partial charge on any atom is 0.237 e. The number of nitrogens with zero attached hydrogens (tertiary/aromatic N) is 3. The van der Waals surface area contributed by atoms with Gasteiger partial charge in [0.15, 0.2) is 0 Å². The molecule has 0 saturated carbocycles.